The van der Waals surface area contributed by atoms with Gasteiger partial charge in [-0.2, -0.15) is 5.53 Å². The summed E-state index contributed by atoms with van der Waals surface area (Å²) in [6.45, 7) is 0.328. The number of aromatic nitrogens is 2. The average Bonchev–Trinajstić information content (AvgIpc) is 3.30. The fraction of sp³-hybridized carbons (Fsp3) is 0.412. The Bertz CT molecular complexity index is 750. The molecule has 8 heteroatoms. The molecule has 1 saturated heterocycles. The first-order valence-electron chi connectivity index (χ1n) is 8.51. The van der Waals surface area contributed by atoms with Crippen molar-refractivity contribution in [2.45, 2.75) is 37.9 Å². The van der Waals surface area contributed by atoms with Gasteiger partial charge in [0.15, 0.2) is 0 Å². The molecule has 1 aromatic heterocycles. The van der Waals surface area contributed by atoms with Crippen LogP contribution in [0.5, 0.6) is 0 Å². The van der Waals surface area contributed by atoms with Gasteiger partial charge in [0.1, 0.15) is 5.82 Å². The number of carbonyl (C=O) groups is 1. The molecule has 1 saturated carbocycles. The lowest BCUT2D eigenvalue weighted by molar-refractivity contribution is -0.126. The third-order valence-corrected chi connectivity index (χ3v) is 5.00. The third kappa shape index (κ3) is 3.41. The van der Waals surface area contributed by atoms with E-state index >= 15 is 0 Å². The zero-order chi connectivity index (χ0) is 17.2. The van der Waals surface area contributed by atoms with Crippen molar-refractivity contribution < 1.29 is 9.18 Å². The molecule has 2 aliphatic rings. The third-order valence-electron chi connectivity index (χ3n) is 5.00. The van der Waals surface area contributed by atoms with Gasteiger partial charge in [-0.1, -0.05) is 6.07 Å². The highest BCUT2D eigenvalue weighted by Crippen LogP contribution is 2.26. The minimum Gasteiger partial charge on any atom is -0.352 e. The summed E-state index contributed by atoms with van der Waals surface area (Å²) in [7, 11) is 0. The summed E-state index contributed by atoms with van der Waals surface area (Å²) in [5, 5.41) is 2.94. The van der Waals surface area contributed by atoms with E-state index < -0.39 is 0 Å². The summed E-state index contributed by atoms with van der Waals surface area (Å²) in [6.07, 6.45) is 7.46. The van der Waals surface area contributed by atoms with Crippen molar-refractivity contribution in [3.63, 3.8) is 0 Å². The van der Waals surface area contributed by atoms with Crippen LogP contribution in [0.15, 0.2) is 36.9 Å². The van der Waals surface area contributed by atoms with Crippen molar-refractivity contribution in [3.05, 3.63) is 48.3 Å². The van der Waals surface area contributed by atoms with E-state index in [9.17, 15) is 9.18 Å². The average molecular weight is 344 g/mol. The van der Waals surface area contributed by atoms with Crippen LogP contribution in [-0.4, -0.2) is 27.5 Å². The molecule has 7 nitrogen and oxygen atoms in total. The smallest absolute Gasteiger partial charge is 0.223 e. The Morgan fingerprint density at radius 3 is 3.00 bits per heavy atom. The van der Waals surface area contributed by atoms with Crippen LogP contribution in [0.2, 0.25) is 0 Å². The molecule has 0 spiro atoms. The summed E-state index contributed by atoms with van der Waals surface area (Å²) < 4.78 is 15.9. The van der Waals surface area contributed by atoms with Crippen molar-refractivity contribution in [2.75, 3.05) is 0 Å². The number of amides is 1. The van der Waals surface area contributed by atoms with Crippen LogP contribution < -0.4 is 21.7 Å². The van der Waals surface area contributed by atoms with Crippen LogP contribution in [0.1, 0.15) is 24.8 Å². The lowest BCUT2D eigenvalue weighted by Crippen LogP contribution is -2.44. The van der Waals surface area contributed by atoms with Crippen molar-refractivity contribution >= 4 is 5.91 Å². The molecule has 4 N–H and O–H groups in total. The van der Waals surface area contributed by atoms with Gasteiger partial charge in [-0.15, -0.1) is 0 Å². The quantitative estimate of drug-likeness (QED) is 0.659. The molecule has 2 heterocycles. The molecule has 1 aliphatic heterocycles. The van der Waals surface area contributed by atoms with Crippen LogP contribution in [0.3, 0.4) is 0 Å². The number of hydrogen-bond donors (Lipinski definition) is 4. The van der Waals surface area contributed by atoms with Crippen LogP contribution in [0, 0.1) is 11.7 Å². The predicted molar refractivity (Wildman–Crippen MR) is 89.7 cm³/mol. The fourth-order valence-electron chi connectivity index (χ4n) is 3.57. The van der Waals surface area contributed by atoms with E-state index in [1.807, 2.05) is 6.07 Å². The molecule has 0 radical (unpaired) electrons. The summed E-state index contributed by atoms with van der Waals surface area (Å²) >= 11 is 0. The van der Waals surface area contributed by atoms with Crippen molar-refractivity contribution in [2.24, 2.45) is 5.92 Å². The van der Waals surface area contributed by atoms with E-state index in [0.29, 0.717) is 18.3 Å². The summed E-state index contributed by atoms with van der Waals surface area (Å²) in [4.78, 5) is 16.3. The highest BCUT2D eigenvalue weighted by molar-refractivity contribution is 5.78. The highest BCUT2D eigenvalue weighted by Gasteiger charge is 2.36. The number of hydrazine groups is 2. The first kappa shape index (κ1) is 16.2. The zero-order valence-electron chi connectivity index (χ0n) is 13.7. The van der Waals surface area contributed by atoms with Crippen molar-refractivity contribution in [3.8, 4) is 5.69 Å². The second kappa shape index (κ2) is 6.91. The molecule has 3 unspecified atom stereocenters. The molecule has 0 bridgehead atoms. The topological polar surface area (TPSA) is 83.0 Å². The number of rotatable bonds is 4. The number of halogens is 1. The molecule has 1 aromatic carbocycles. The van der Waals surface area contributed by atoms with Crippen LogP contribution in [0.25, 0.3) is 5.69 Å². The standard InChI is InChI=1S/C17H21FN6O/c18-13-7-11(1-4-16(13)24-6-5-19-10-24)9-20-17(25)12-2-3-14-15(8-12)22-23-21-14/h1,4-7,10,12,14-15,21-23H,2-3,8-9H2,(H,20,25). The molecule has 1 aliphatic carbocycles. The van der Waals surface area contributed by atoms with Gasteiger partial charge in [0.25, 0.3) is 0 Å². The van der Waals surface area contributed by atoms with Crippen LogP contribution >= 0.6 is 0 Å². The van der Waals surface area contributed by atoms with Crippen molar-refractivity contribution in [1.29, 1.82) is 0 Å². The van der Waals surface area contributed by atoms with E-state index in [2.05, 4.69) is 26.7 Å². The van der Waals surface area contributed by atoms with E-state index in [4.69, 9.17) is 0 Å². The molecular formula is C17H21FN6O. The lowest BCUT2D eigenvalue weighted by atomic mass is 9.82. The summed E-state index contributed by atoms with van der Waals surface area (Å²) in [6, 6.07) is 5.63. The minimum absolute atomic E-state index is 0.00878. The number of nitrogens with one attached hydrogen (secondary N) is 4. The van der Waals surface area contributed by atoms with Crippen molar-refractivity contribution in [1.82, 2.24) is 31.3 Å². The van der Waals surface area contributed by atoms with Gasteiger partial charge < -0.3 is 9.88 Å². The van der Waals surface area contributed by atoms with E-state index in [1.54, 1.807) is 29.4 Å². The Labute approximate surface area is 145 Å². The number of nitrogens with zero attached hydrogens (tertiary/aromatic N) is 2. The van der Waals surface area contributed by atoms with Crippen LogP contribution in [-0.2, 0) is 11.3 Å². The number of benzene rings is 1. The van der Waals surface area contributed by atoms with Gasteiger partial charge in [0.2, 0.25) is 5.91 Å². The van der Waals surface area contributed by atoms with Gasteiger partial charge >= 0.3 is 0 Å². The Balaban J connectivity index is 1.35. The maximum atomic E-state index is 14.3. The first-order chi connectivity index (χ1) is 12.2. The number of imidazole rings is 1. The van der Waals surface area contributed by atoms with E-state index in [1.165, 1.54) is 6.07 Å². The van der Waals surface area contributed by atoms with Crippen LogP contribution in [0.4, 0.5) is 4.39 Å². The van der Waals surface area contributed by atoms with Gasteiger partial charge in [-0.05, 0) is 37.0 Å². The Morgan fingerprint density at radius 1 is 1.32 bits per heavy atom. The SMILES string of the molecule is O=C(NCc1ccc(-n2ccnc2)c(F)c1)C1CCC2NNNC2C1. The minimum atomic E-state index is -0.336. The molecule has 3 atom stereocenters. The van der Waals surface area contributed by atoms with Gasteiger partial charge in [0.05, 0.1) is 12.0 Å². The zero-order valence-corrected chi connectivity index (χ0v) is 13.7. The van der Waals surface area contributed by atoms with Gasteiger partial charge in [-0.25, -0.2) is 20.2 Å². The Morgan fingerprint density at radius 2 is 2.20 bits per heavy atom. The fourth-order valence-corrected chi connectivity index (χ4v) is 3.57. The predicted octanol–water partition coefficient (Wildman–Crippen LogP) is 0.777. The second-order valence-electron chi connectivity index (χ2n) is 6.61. The summed E-state index contributed by atoms with van der Waals surface area (Å²) in [5.74, 6) is -0.311. The number of carbonyl (C=O) groups excluding carboxylic acids is 1. The van der Waals surface area contributed by atoms with E-state index in [-0.39, 0.29) is 23.7 Å². The monoisotopic (exact) mass is 344 g/mol. The second-order valence-corrected chi connectivity index (χ2v) is 6.61. The largest absolute Gasteiger partial charge is 0.352 e. The molecule has 25 heavy (non-hydrogen) atoms. The highest BCUT2D eigenvalue weighted by atomic mass is 19.1. The number of hydrogen-bond acceptors (Lipinski definition) is 5. The molecule has 2 fully saturated rings. The molecule has 132 valence electrons. The maximum absolute atomic E-state index is 14.3. The summed E-state index contributed by atoms with van der Waals surface area (Å²) in [5.41, 5.74) is 10.4. The number of fused-ring (bicyclic) bond motifs is 1. The van der Waals surface area contributed by atoms with Gasteiger partial charge in [-0.3, -0.25) is 4.79 Å². The molecular weight excluding hydrogens is 323 g/mol. The Kier molecular flexibility index (Phi) is 4.48. The van der Waals surface area contributed by atoms with E-state index in [0.717, 1.165) is 24.8 Å². The molecule has 1 amide bonds. The Hall–Kier alpha value is -2.29. The normalized spacial score (nSPS) is 25.6. The first-order valence-corrected chi connectivity index (χ1v) is 8.51. The maximum Gasteiger partial charge on any atom is 0.223 e. The molecule has 2 aromatic rings. The molecule has 4 rings (SSSR count). The lowest BCUT2D eigenvalue weighted by Gasteiger charge is -2.29. The van der Waals surface area contributed by atoms with Gasteiger partial charge in [0, 0.05) is 36.9 Å².